The molecule has 1 aromatic carbocycles. The van der Waals surface area contributed by atoms with E-state index in [1.165, 1.54) is 4.90 Å². The summed E-state index contributed by atoms with van der Waals surface area (Å²) in [6.45, 7) is 1.06. The van der Waals surface area contributed by atoms with Crippen LogP contribution in [0.4, 0.5) is 0 Å². The third kappa shape index (κ3) is 4.36. The number of para-hydroxylation sites is 1. The lowest BCUT2D eigenvalue weighted by atomic mass is 9.76. The zero-order valence-corrected chi connectivity index (χ0v) is 17.3. The molecule has 2 heterocycles. The van der Waals surface area contributed by atoms with Crippen molar-refractivity contribution in [2.45, 2.75) is 70.3 Å². The van der Waals surface area contributed by atoms with Gasteiger partial charge in [0.15, 0.2) is 11.5 Å². The van der Waals surface area contributed by atoms with E-state index in [1.807, 2.05) is 18.2 Å². The fraction of sp³-hybridized carbons (Fsp3) is 0.652. The Morgan fingerprint density at radius 1 is 1.10 bits per heavy atom. The van der Waals surface area contributed by atoms with E-state index in [-0.39, 0.29) is 23.3 Å². The van der Waals surface area contributed by atoms with Crippen molar-refractivity contribution in [1.82, 2.24) is 4.90 Å². The number of rotatable bonds is 7. The number of hydrogen-bond donors (Lipinski definition) is 0. The number of imide groups is 1. The summed E-state index contributed by atoms with van der Waals surface area (Å²) < 4.78 is 17.2. The molecular weight excluding hydrogens is 370 g/mol. The Balaban J connectivity index is 1.18. The van der Waals surface area contributed by atoms with Gasteiger partial charge in [0.1, 0.15) is 12.7 Å². The molecule has 0 N–H and O–H groups in total. The van der Waals surface area contributed by atoms with Gasteiger partial charge >= 0.3 is 0 Å². The number of amides is 2. The van der Waals surface area contributed by atoms with E-state index in [1.54, 1.807) is 7.11 Å². The number of likely N-dealkylation sites (tertiary alicyclic amines) is 1. The predicted molar refractivity (Wildman–Crippen MR) is 108 cm³/mol. The van der Waals surface area contributed by atoms with Crippen LogP contribution >= 0.6 is 0 Å². The third-order valence-corrected chi connectivity index (χ3v) is 6.60. The Bertz CT molecular complexity index is 736. The Morgan fingerprint density at radius 2 is 1.86 bits per heavy atom. The molecule has 6 nitrogen and oxygen atoms in total. The molecule has 3 aliphatic rings. The Labute approximate surface area is 172 Å². The van der Waals surface area contributed by atoms with Crippen LogP contribution in [-0.2, 0) is 9.59 Å². The van der Waals surface area contributed by atoms with Gasteiger partial charge in [0.05, 0.1) is 7.11 Å². The first-order valence-corrected chi connectivity index (χ1v) is 10.9. The summed E-state index contributed by atoms with van der Waals surface area (Å²) in [5, 5.41) is 0. The number of methoxy groups -OCH3 is 1. The summed E-state index contributed by atoms with van der Waals surface area (Å²) >= 11 is 0. The highest BCUT2D eigenvalue weighted by molar-refractivity contribution is 5.98. The van der Waals surface area contributed by atoms with Gasteiger partial charge in [-0.3, -0.25) is 14.5 Å². The summed E-state index contributed by atoms with van der Waals surface area (Å²) in [4.78, 5) is 26.5. The zero-order chi connectivity index (χ0) is 20.3. The van der Waals surface area contributed by atoms with Crippen molar-refractivity contribution in [2.75, 3.05) is 20.3 Å². The number of ether oxygens (including phenoxy) is 3. The molecular formula is C23H31NO5. The van der Waals surface area contributed by atoms with Crippen LogP contribution in [0.15, 0.2) is 18.2 Å². The fourth-order valence-electron chi connectivity index (χ4n) is 5.00. The van der Waals surface area contributed by atoms with Crippen LogP contribution < -0.4 is 14.2 Å². The first kappa shape index (κ1) is 20.0. The number of nitrogens with zero attached hydrogens (tertiary/aromatic N) is 1. The van der Waals surface area contributed by atoms with Crippen LogP contribution in [0.25, 0.3) is 0 Å². The van der Waals surface area contributed by atoms with Crippen LogP contribution in [0.1, 0.15) is 64.2 Å². The largest absolute Gasteiger partial charge is 0.493 e. The van der Waals surface area contributed by atoms with Gasteiger partial charge in [-0.1, -0.05) is 25.3 Å². The molecule has 2 amide bonds. The molecule has 2 fully saturated rings. The van der Waals surface area contributed by atoms with E-state index in [4.69, 9.17) is 14.2 Å². The van der Waals surface area contributed by atoms with E-state index in [9.17, 15) is 9.59 Å². The molecule has 1 aliphatic carbocycles. The average molecular weight is 402 g/mol. The quantitative estimate of drug-likeness (QED) is 0.508. The van der Waals surface area contributed by atoms with E-state index >= 15 is 0 Å². The average Bonchev–Trinajstić information content (AvgIpc) is 3.16. The highest BCUT2D eigenvalue weighted by Crippen LogP contribution is 2.47. The van der Waals surface area contributed by atoms with Crippen molar-refractivity contribution in [1.29, 1.82) is 0 Å². The smallest absolute Gasteiger partial charge is 0.229 e. The van der Waals surface area contributed by atoms with Gasteiger partial charge in [0, 0.05) is 19.4 Å². The van der Waals surface area contributed by atoms with Crippen molar-refractivity contribution in [3.8, 4) is 17.2 Å². The number of carbonyl (C=O) groups is 2. The molecule has 1 atom stereocenters. The minimum Gasteiger partial charge on any atom is -0.493 e. The number of fused-ring (bicyclic) bond motifs is 1. The molecule has 158 valence electrons. The summed E-state index contributed by atoms with van der Waals surface area (Å²) in [5.74, 6) is 2.17. The molecule has 1 aromatic rings. The Hall–Kier alpha value is -2.24. The van der Waals surface area contributed by atoms with Gasteiger partial charge in [-0.15, -0.1) is 0 Å². The highest BCUT2D eigenvalue weighted by atomic mass is 16.6. The van der Waals surface area contributed by atoms with Gasteiger partial charge < -0.3 is 14.2 Å². The summed E-state index contributed by atoms with van der Waals surface area (Å²) in [6, 6.07) is 5.65. The van der Waals surface area contributed by atoms with Crippen LogP contribution in [0.5, 0.6) is 17.2 Å². The minimum absolute atomic E-state index is 0.0119. The fourth-order valence-corrected chi connectivity index (χ4v) is 5.00. The summed E-state index contributed by atoms with van der Waals surface area (Å²) in [6.07, 6.45) is 9.23. The third-order valence-electron chi connectivity index (χ3n) is 6.60. The molecule has 0 aromatic heterocycles. The van der Waals surface area contributed by atoms with E-state index in [0.29, 0.717) is 37.5 Å². The van der Waals surface area contributed by atoms with Gasteiger partial charge in [0.2, 0.25) is 17.6 Å². The van der Waals surface area contributed by atoms with Crippen molar-refractivity contribution < 1.29 is 23.8 Å². The molecule has 2 aliphatic heterocycles. The maximum Gasteiger partial charge on any atom is 0.229 e. The monoisotopic (exact) mass is 401 g/mol. The van der Waals surface area contributed by atoms with E-state index in [2.05, 4.69) is 0 Å². The summed E-state index contributed by atoms with van der Waals surface area (Å²) in [7, 11) is 1.62. The minimum atomic E-state index is -0.0119. The van der Waals surface area contributed by atoms with Crippen molar-refractivity contribution >= 4 is 11.8 Å². The maximum absolute atomic E-state index is 12.5. The number of piperidine rings is 1. The Morgan fingerprint density at radius 3 is 2.59 bits per heavy atom. The van der Waals surface area contributed by atoms with Crippen LogP contribution in [0, 0.1) is 5.41 Å². The van der Waals surface area contributed by atoms with Gasteiger partial charge in [-0.25, -0.2) is 0 Å². The van der Waals surface area contributed by atoms with Crippen molar-refractivity contribution in [3.63, 3.8) is 0 Å². The van der Waals surface area contributed by atoms with Gasteiger partial charge in [-0.05, 0) is 49.7 Å². The van der Waals surface area contributed by atoms with Gasteiger partial charge in [-0.2, -0.15) is 0 Å². The summed E-state index contributed by atoms with van der Waals surface area (Å²) in [5.41, 5.74) is -0.0119. The molecule has 1 unspecified atom stereocenters. The predicted octanol–water partition coefficient (Wildman–Crippen LogP) is 4.10. The van der Waals surface area contributed by atoms with E-state index in [0.717, 1.165) is 57.1 Å². The lowest BCUT2D eigenvalue weighted by molar-refractivity contribution is -0.153. The van der Waals surface area contributed by atoms with Crippen molar-refractivity contribution in [2.24, 2.45) is 5.41 Å². The molecule has 6 heteroatoms. The SMILES string of the molecule is COc1cccc2c1OCC(CCCCCN1C(=O)CC3(CCCC3)CC1=O)O2. The standard InChI is InChI=1S/C23H31NO5/c1-27-18-9-7-10-19-22(18)28-16-17(29-19)8-3-2-6-13-24-20(25)14-23(15-21(24)26)11-4-5-12-23/h7,9-10,17H,2-6,8,11-16H2,1H3. The second-order valence-electron chi connectivity index (χ2n) is 8.69. The molecule has 1 saturated heterocycles. The van der Waals surface area contributed by atoms with Crippen LogP contribution in [0.2, 0.25) is 0 Å². The normalized spacial score (nSPS) is 22.9. The second-order valence-corrected chi connectivity index (χ2v) is 8.69. The van der Waals surface area contributed by atoms with Crippen LogP contribution in [-0.4, -0.2) is 43.1 Å². The molecule has 29 heavy (non-hydrogen) atoms. The van der Waals surface area contributed by atoms with E-state index < -0.39 is 0 Å². The first-order chi connectivity index (χ1) is 14.1. The number of benzene rings is 1. The first-order valence-electron chi connectivity index (χ1n) is 10.9. The topological polar surface area (TPSA) is 65.1 Å². The zero-order valence-electron chi connectivity index (χ0n) is 17.3. The molecule has 1 saturated carbocycles. The van der Waals surface area contributed by atoms with Gasteiger partial charge in [0.25, 0.3) is 0 Å². The van der Waals surface area contributed by atoms with Crippen molar-refractivity contribution in [3.05, 3.63) is 18.2 Å². The maximum atomic E-state index is 12.5. The lowest BCUT2D eigenvalue weighted by Crippen LogP contribution is -2.47. The Kier molecular flexibility index (Phi) is 5.97. The lowest BCUT2D eigenvalue weighted by Gasteiger charge is -2.37. The highest BCUT2D eigenvalue weighted by Gasteiger charge is 2.44. The van der Waals surface area contributed by atoms with Crippen LogP contribution in [0.3, 0.4) is 0 Å². The molecule has 0 radical (unpaired) electrons. The number of carbonyl (C=O) groups excluding carboxylic acids is 2. The number of hydrogen-bond acceptors (Lipinski definition) is 5. The second kappa shape index (κ2) is 8.64. The number of unbranched alkanes of at least 4 members (excludes halogenated alkanes) is 2. The molecule has 4 rings (SSSR count). The molecule has 1 spiro atoms. The molecule has 0 bridgehead atoms.